The molecule has 1 unspecified atom stereocenters. The minimum atomic E-state index is -1.12. The lowest BCUT2D eigenvalue weighted by atomic mass is 9.91. The molecule has 0 saturated heterocycles. The predicted molar refractivity (Wildman–Crippen MR) is 62.0 cm³/mol. The Hall–Kier alpha value is -0.600. The first-order valence-electron chi connectivity index (χ1n) is 5.31. The summed E-state index contributed by atoms with van der Waals surface area (Å²) in [6, 6.07) is 0. The van der Waals surface area contributed by atoms with Crippen LogP contribution >= 0.6 is 0 Å². The molecule has 2 N–H and O–H groups in total. The number of terminal acetylenes is 1. The van der Waals surface area contributed by atoms with E-state index in [2.05, 4.69) is 5.92 Å². The van der Waals surface area contributed by atoms with Crippen molar-refractivity contribution < 1.29 is 19.7 Å². The number of aliphatic hydroxyl groups is 2. The lowest BCUT2D eigenvalue weighted by Crippen LogP contribution is -2.40. The van der Waals surface area contributed by atoms with Crippen LogP contribution in [0.2, 0.25) is 0 Å². The lowest BCUT2D eigenvalue weighted by molar-refractivity contribution is -0.104. The molecule has 0 aromatic rings. The molecule has 0 aliphatic rings. The van der Waals surface area contributed by atoms with E-state index in [9.17, 15) is 5.11 Å². The van der Waals surface area contributed by atoms with Crippen molar-refractivity contribution >= 4 is 0 Å². The molecule has 1 atom stereocenters. The maximum Gasteiger partial charge on any atom is 0.107 e. The van der Waals surface area contributed by atoms with Crippen LogP contribution in [0.1, 0.15) is 27.2 Å². The summed E-state index contributed by atoms with van der Waals surface area (Å²) >= 11 is 0. The topological polar surface area (TPSA) is 58.9 Å². The van der Waals surface area contributed by atoms with Gasteiger partial charge < -0.3 is 19.7 Å². The van der Waals surface area contributed by atoms with Crippen molar-refractivity contribution in [2.45, 2.75) is 38.4 Å². The minimum absolute atomic E-state index is 0.276. The van der Waals surface area contributed by atoms with E-state index in [0.717, 1.165) is 0 Å². The largest absolute Gasteiger partial charge is 0.393 e. The second kappa shape index (κ2) is 6.87. The van der Waals surface area contributed by atoms with E-state index in [1.807, 2.05) is 13.8 Å². The van der Waals surface area contributed by atoms with E-state index in [4.69, 9.17) is 21.0 Å². The second-order valence-corrected chi connectivity index (χ2v) is 4.70. The van der Waals surface area contributed by atoms with Crippen LogP contribution in [-0.4, -0.2) is 47.8 Å². The van der Waals surface area contributed by atoms with E-state index in [0.29, 0.717) is 19.6 Å². The van der Waals surface area contributed by atoms with Gasteiger partial charge in [0, 0.05) is 6.42 Å². The number of rotatable bonds is 8. The lowest BCUT2D eigenvalue weighted by Gasteiger charge is -2.32. The van der Waals surface area contributed by atoms with E-state index < -0.39 is 11.2 Å². The third-order valence-electron chi connectivity index (χ3n) is 2.05. The Morgan fingerprint density at radius 2 is 1.88 bits per heavy atom. The van der Waals surface area contributed by atoms with E-state index >= 15 is 0 Å². The number of aliphatic hydroxyl groups excluding tert-OH is 1. The summed E-state index contributed by atoms with van der Waals surface area (Å²) in [5, 5.41) is 18.7. The fourth-order valence-electron chi connectivity index (χ4n) is 1.53. The van der Waals surface area contributed by atoms with Crippen LogP contribution in [0.5, 0.6) is 0 Å². The van der Waals surface area contributed by atoms with Crippen molar-refractivity contribution in [2.24, 2.45) is 0 Å². The molecular formula is C12H22O4. The zero-order valence-corrected chi connectivity index (χ0v) is 10.3. The fraction of sp³-hybridized carbons (Fsp3) is 0.833. The van der Waals surface area contributed by atoms with Gasteiger partial charge in [0.15, 0.2) is 0 Å². The van der Waals surface area contributed by atoms with Gasteiger partial charge in [-0.25, -0.2) is 0 Å². The number of hydrogen-bond donors (Lipinski definition) is 2. The highest BCUT2D eigenvalue weighted by Crippen LogP contribution is 2.23. The summed E-state index contributed by atoms with van der Waals surface area (Å²) in [6.07, 6.45) is 5.37. The molecule has 0 spiro atoms. The number of ether oxygens (including phenoxy) is 2. The molecule has 0 bridgehead atoms. The molecule has 0 radical (unpaired) electrons. The van der Waals surface area contributed by atoms with Crippen LogP contribution in [0, 0.1) is 12.3 Å². The van der Waals surface area contributed by atoms with Crippen LogP contribution in [0.15, 0.2) is 0 Å². The summed E-state index contributed by atoms with van der Waals surface area (Å²) < 4.78 is 10.6. The molecule has 94 valence electrons. The van der Waals surface area contributed by atoms with Crippen molar-refractivity contribution in [3.05, 3.63) is 0 Å². The van der Waals surface area contributed by atoms with E-state index in [1.54, 1.807) is 6.92 Å². The highest BCUT2D eigenvalue weighted by atomic mass is 16.5. The molecule has 0 rings (SSSR count). The maximum atomic E-state index is 9.71. The molecule has 0 aliphatic heterocycles. The van der Waals surface area contributed by atoms with Gasteiger partial charge in [-0.2, -0.15) is 0 Å². The molecule has 0 amide bonds. The van der Waals surface area contributed by atoms with Gasteiger partial charge in [0.25, 0.3) is 0 Å². The van der Waals surface area contributed by atoms with Crippen LogP contribution in [0.3, 0.4) is 0 Å². The van der Waals surface area contributed by atoms with Gasteiger partial charge in [-0.1, -0.05) is 5.92 Å². The number of hydrogen-bond acceptors (Lipinski definition) is 4. The van der Waals surface area contributed by atoms with Gasteiger partial charge in [0.05, 0.1) is 31.0 Å². The summed E-state index contributed by atoms with van der Waals surface area (Å²) in [5.74, 6) is 2.36. The molecule has 0 heterocycles. The molecule has 4 heteroatoms. The van der Waals surface area contributed by atoms with Crippen molar-refractivity contribution in [1.29, 1.82) is 0 Å². The SMILES string of the molecule is C#CCOCCOC(C)(C)CC(C)(O)CO. The van der Waals surface area contributed by atoms with Gasteiger partial charge >= 0.3 is 0 Å². The van der Waals surface area contributed by atoms with E-state index in [1.165, 1.54) is 0 Å². The summed E-state index contributed by atoms with van der Waals surface area (Å²) in [5.41, 5.74) is -1.63. The monoisotopic (exact) mass is 230 g/mol. The highest BCUT2D eigenvalue weighted by molar-refractivity contribution is 4.83. The zero-order chi connectivity index (χ0) is 12.7. The second-order valence-electron chi connectivity index (χ2n) is 4.70. The average molecular weight is 230 g/mol. The van der Waals surface area contributed by atoms with Crippen molar-refractivity contribution in [1.82, 2.24) is 0 Å². The molecule has 0 aromatic carbocycles. The Morgan fingerprint density at radius 1 is 1.25 bits per heavy atom. The third kappa shape index (κ3) is 7.66. The predicted octanol–water partition coefficient (Wildman–Crippen LogP) is 0.565. The smallest absolute Gasteiger partial charge is 0.107 e. The van der Waals surface area contributed by atoms with Crippen LogP contribution in [0.25, 0.3) is 0 Å². The molecule has 0 fully saturated rings. The average Bonchev–Trinajstić information content (AvgIpc) is 2.16. The first kappa shape index (κ1) is 15.4. The van der Waals surface area contributed by atoms with Gasteiger partial charge in [-0.15, -0.1) is 6.42 Å². The van der Waals surface area contributed by atoms with E-state index in [-0.39, 0.29) is 13.2 Å². The van der Waals surface area contributed by atoms with Gasteiger partial charge in [0.1, 0.15) is 6.61 Å². The molecule has 0 aromatic heterocycles. The summed E-state index contributed by atoms with van der Waals surface area (Å²) in [4.78, 5) is 0. The van der Waals surface area contributed by atoms with Crippen molar-refractivity contribution in [3.63, 3.8) is 0 Å². The van der Waals surface area contributed by atoms with Crippen molar-refractivity contribution in [3.8, 4) is 12.3 Å². The van der Waals surface area contributed by atoms with Crippen LogP contribution in [-0.2, 0) is 9.47 Å². The zero-order valence-electron chi connectivity index (χ0n) is 10.3. The molecule has 4 nitrogen and oxygen atoms in total. The molecule has 0 aliphatic carbocycles. The van der Waals surface area contributed by atoms with Crippen molar-refractivity contribution in [2.75, 3.05) is 26.4 Å². The van der Waals surface area contributed by atoms with Crippen LogP contribution < -0.4 is 0 Å². The molecule has 0 saturated carbocycles. The minimum Gasteiger partial charge on any atom is -0.393 e. The van der Waals surface area contributed by atoms with Gasteiger partial charge in [-0.3, -0.25) is 0 Å². The summed E-state index contributed by atoms with van der Waals surface area (Å²) in [6.45, 7) is 6.13. The first-order chi connectivity index (χ1) is 7.33. The Kier molecular flexibility index (Phi) is 6.61. The molecular weight excluding hydrogens is 208 g/mol. The normalized spacial score (nSPS) is 15.5. The first-order valence-corrected chi connectivity index (χ1v) is 5.31. The maximum absolute atomic E-state index is 9.71. The molecule has 16 heavy (non-hydrogen) atoms. The van der Waals surface area contributed by atoms with Crippen LogP contribution in [0.4, 0.5) is 0 Å². The summed E-state index contributed by atoms with van der Waals surface area (Å²) in [7, 11) is 0. The highest BCUT2D eigenvalue weighted by Gasteiger charge is 2.30. The standard InChI is InChI=1S/C12H22O4/c1-5-6-15-7-8-16-11(2,3)9-12(4,14)10-13/h1,13-14H,6-10H2,2-4H3. The Balaban J connectivity index is 3.83. The van der Waals surface area contributed by atoms with Gasteiger partial charge in [0.2, 0.25) is 0 Å². The van der Waals surface area contributed by atoms with Gasteiger partial charge in [-0.05, 0) is 20.8 Å². The quantitative estimate of drug-likeness (QED) is 0.472. The third-order valence-corrected chi connectivity index (χ3v) is 2.05. The Bertz CT molecular complexity index is 228. The Morgan fingerprint density at radius 3 is 2.38 bits per heavy atom. The fourth-order valence-corrected chi connectivity index (χ4v) is 1.53. The Labute approximate surface area is 97.6 Å².